The average molecular weight is 182 g/mol. The molecular formula is C11H22N2. The molecule has 0 saturated carbocycles. The minimum absolute atomic E-state index is 0.708. The normalized spacial score (nSPS) is 22.8. The molecule has 0 amide bonds. The lowest BCUT2D eigenvalue weighted by atomic mass is 10.1. The molecule has 0 aromatic rings. The minimum atomic E-state index is 0.708. The first-order chi connectivity index (χ1) is 6.29. The maximum absolute atomic E-state index is 3.52. The van der Waals surface area contributed by atoms with Gasteiger partial charge < -0.3 is 10.6 Å². The van der Waals surface area contributed by atoms with Crippen molar-refractivity contribution in [3.63, 3.8) is 0 Å². The van der Waals surface area contributed by atoms with Crippen molar-refractivity contribution in [2.75, 3.05) is 19.6 Å². The third-order valence-electron chi connectivity index (χ3n) is 2.46. The molecule has 0 aliphatic carbocycles. The zero-order valence-electron chi connectivity index (χ0n) is 8.90. The molecule has 0 aromatic heterocycles. The second-order valence-electron chi connectivity index (χ2n) is 4.09. The average Bonchev–Trinajstić information content (AvgIpc) is 2.14. The molecular weight excluding hydrogens is 160 g/mol. The SMILES string of the molecule is CC(C)=CCNCC1CCCCN1. The van der Waals surface area contributed by atoms with E-state index in [1.54, 1.807) is 0 Å². The number of hydrogen-bond donors (Lipinski definition) is 2. The van der Waals surface area contributed by atoms with Crippen molar-refractivity contribution in [3.8, 4) is 0 Å². The molecule has 2 N–H and O–H groups in total. The minimum Gasteiger partial charge on any atom is -0.313 e. The maximum Gasteiger partial charge on any atom is 0.0192 e. The Bertz CT molecular complexity index is 153. The first-order valence-corrected chi connectivity index (χ1v) is 5.36. The second kappa shape index (κ2) is 6.17. The van der Waals surface area contributed by atoms with Gasteiger partial charge in [-0.2, -0.15) is 0 Å². The van der Waals surface area contributed by atoms with E-state index in [9.17, 15) is 0 Å². The molecule has 1 heterocycles. The van der Waals surface area contributed by atoms with Crippen LogP contribution in [0.25, 0.3) is 0 Å². The van der Waals surface area contributed by atoms with Crippen molar-refractivity contribution >= 4 is 0 Å². The summed E-state index contributed by atoms with van der Waals surface area (Å²) >= 11 is 0. The molecule has 13 heavy (non-hydrogen) atoms. The third-order valence-corrected chi connectivity index (χ3v) is 2.46. The van der Waals surface area contributed by atoms with Gasteiger partial charge in [-0.3, -0.25) is 0 Å². The lowest BCUT2D eigenvalue weighted by Crippen LogP contribution is -2.41. The van der Waals surface area contributed by atoms with Crippen LogP contribution in [0.1, 0.15) is 33.1 Å². The lowest BCUT2D eigenvalue weighted by molar-refractivity contribution is 0.388. The number of hydrogen-bond acceptors (Lipinski definition) is 2. The quantitative estimate of drug-likeness (QED) is 0.510. The van der Waals surface area contributed by atoms with Gasteiger partial charge in [0.1, 0.15) is 0 Å². The Hall–Kier alpha value is -0.340. The van der Waals surface area contributed by atoms with Crippen LogP contribution in [0, 0.1) is 0 Å². The standard InChI is InChI=1S/C11H22N2/c1-10(2)6-8-12-9-11-5-3-4-7-13-11/h6,11-13H,3-5,7-9H2,1-2H3. The van der Waals surface area contributed by atoms with Crippen molar-refractivity contribution in [3.05, 3.63) is 11.6 Å². The summed E-state index contributed by atoms with van der Waals surface area (Å²) < 4.78 is 0. The monoisotopic (exact) mass is 182 g/mol. The van der Waals surface area contributed by atoms with E-state index in [1.807, 2.05) is 0 Å². The highest BCUT2D eigenvalue weighted by Gasteiger charge is 2.10. The van der Waals surface area contributed by atoms with Gasteiger partial charge in [0, 0.05) is 19.1 Å². The molecule has 1 fully saturated rings. The fourth-order valence-electron chi connectivity index (χ4n) is 1.63. The Kier molecular flexibility index (Phi) is 5.09. The van der Waals surface area contributed by atoms with Crippen LogP contribution in [-0.4, -0.2) is 25.7 Å². The highest BCUT2D eigenvalue weighted by molar-refractivity contribution is 4.94. The van der Waals surface area contributed by atoms with Crippen molar-refractivity contribution in [1.29, 1.82) is 0 Å². The largest absolute Gasteiger partial charge is 0.313 e. The summed E-state index contributed by atoms with van der Waals surface area (Å²) in [6.07, 6.45) is 6.32. The van der Waals surface area contributed by atoms with Crippen molar-refractivity contribution in [1.82, 2.24) is 10.6 Å². The number of piperidine rings is 1. The van der Waals surface area contributed by atoms with Gasteiger partial charge in [0.25, 0.3) is 0 Å². The number of rotatable bonds is 4. The van der Waals surface area contributed by atoms with E-state index < -0.39 is 0 Å². The molecule has 76 valence electrons. The molecule has 1 unspecified atom stereocenters. The molecule has 0 radical (unpaired) electrons. The van der Waals surface area contributed by atoms with Crippen molar-refractivity contribution in [2.45, 2.75) is 39.2 Å². The molecule has 0 spiro atoms. The summed E-state index contributed by atoms with van der Waals surface area (Å²) in [5.41, 5.74) is 1.39. The summed E-state index contributed by atoms with van der Waals surface area (Å²) in [4.78, 5) is 0. The highest BCUT2D eigenvalue weighted by Crippen LogP contribution is 2.05. The van der Waals surface area contributed by atoms with Gasteiger partial charge in [-0.25, -0.2) is 0 Å². The Balaban J connectivity index is 2.01. The van der Waals surface area contributed by atoms with Crippen LogP contribution in [0.4, 0.5) is 0 Å². The first kappa shape index (κ1) is 10.7. The van der Waals surface area contributed by atoms with E-state index in [-0.39, 0.29) is 0 Å². The van der Waals surface area contributed by atoms with Gasteiger partial charge in [-0.15, -0.1) is 0 Å². The lowest BCUT2D eigenvalue weighted by Gasteiger charge is -2.23. The molecule has 1 aliphatic heterocycles. The topological polar surface area (TPSA) is 24.1 Å². The molecule has 1 atom stereocenters. The second-order valence-corrected chi connectivity index (χ2v) is 4.09. The van der Waals surface area contributed by atoms with E-state index >= 15 is 0 Å². The van der Waals surface area contributed by atoms with Gasteiger partial charge in [0.15, 0.2) is 0 Å². The number of nitrogens with one attached hydrogen (secondary N) is 2. The fourth-order valence-corrected chi connectivity index (χ4v) is 1.63. The Labute approximate surface area is 81.8 Å². The Morgan fingerprint density at radius 3 is 2.92 bits per heavy atom. The van der Waals surface area contributed by atoms with Crippen LogP contribution in [0.15, 0.2) is 11.6 Å². The highest BCUT2D eigenvalue weighted by atomic mass is 15.0. The molecule has 2 nitrogen and oxygen atoms in total. The molecule has 2 heteroatoms. The fraction of sp³-hybridized carbons (Fsp3) is 0.818. The van der Waals surface area contributed by atoms with Crippen molar-refractivity contribution < 1.29 is 0 Å². The zero-order chi connectivity index (χ0) is 9.52. The molecule has 0 bridgehead atoms. The maximum atomic E-state index is 3.52. The van der Waals surface area contributed by atoms with Crippen LogP contribution in [-0.2, 0) is 0 Å². The summed E-state index contributed by atoms with van der Waals surface area (Å²) in [7, 11) is 0. The van der Waals surface area contributed by atoms with Crippen LogP contribution >= 0.6 is 0 Å². The summed E-state index contributed by atoms with van der Waals surface area (Å²) in [5, 5.41) is 6.97. The van der Waals surface area contributed by atoms with Gasteiger partial charge in [0.05, 0.1) is 0 Å². The summed E-state index contributed by atoms with van der Waals surface area (Å²) in [6, 6.07) is 0.708. The van der Waals surface area contributed by atoms with Gasteiger partial charge >= 0.3 is 0 Å². The predicted octanol–water partition coefficient (Wildman–Crippen LogP) is 1.68. The number of allylic oxidation sites excluding steroid dienone is 1. The van der Waals surface area contributed by atoms with Gasteiger partial charge in [-0.1, -0.05) is 18.1 Å². The van der Waals surface area contributed by atoms with Crippen LogP contribution in [0.3, 0.4) is 0 Å². The van der Waals surface area contributed by atoms with E-state index in [1.165, 1.54) is 31.4 Å². The smallest absolute Gasteiger partial charge is 0.0192 e. The van der Waals surface area contributed by atoms with Crippen LogP contribution < -0.4 is 10.6 Å². The van der Waals surface area contributed by atoms with Gasteiger partial charge in [0.2, 0.25) is 0 Å². The zero-order valence-corrected chi connectivity index (χ0v) is 8.90. The third kappa shape index (κ3) is 5.06. The van der Waals surface area contributed by atoms with Gasteiger partial charge in [-0.05, 0) is 33.2 Å². The van der Waals surface area contributed by atoms with E-state index in [0.717, 1.165) is 13.1 Å². The predicted molar refractivity (Wildman–Crippen MR) is 57.9 cm³/mol. The summed E-state index contributed by atoms with van der Waals surface area (Å²) in [6.45, 7) is 7.61. The Morgan fingerprint density at radius 1 is 1.46 bits per heavy atom. The summed E-state index contributed by atoms with van der Waals surface area (Å²) in [5.74, 6) is 0. The van der Waals surface area contributed by atoms with Crippen LogP contribution in [0.5, 0.6) is 0 Å². The first-order valence-electron chi connectivity index (χ1n) is 5.36. The molecule has 1 saturated heterocycles. The van der Waals surface area contributed by atoms with Crippen molar-refractivity contribution in [2.24, 2.45) is 0 Å². The van der Waals surface area contributed by atoms with E-state index in [4.69, 9.17) is 0 Å². The molecule has 1 aliphatic rings. The van der Waals surface area contributed by atoms with E-state index in [0.29, 0.717) is 6.04 Å². The molecule has 1 rings (SSSR count). The Morgan fingerprint density at radius 2 is 2.31 bits per heavy atom. The van der Waals surface area contributed by atoms with Crippen LogP contribution in [0.2, 0.25) is 0 Å². The van der Waals surface area contributed by atoms with E-state index in [2.05, 4.69) is 30.6 Å². The molecule has 0 aromatic carbocycles.